The summed E-state index contributed by atoms with van der Waals surface area (Å²) >= 11 is 0. The maximum Gasteiger partial charge on any atom is 0.292 e. The van der Waals surface area contributed by atoms with Crippen molar-refractivity contribution in [3.05, 3.63) is 34.1 Å². The molecule has 2 unspecified atom stereocenters. The Balaban J connectivity index is 2.47. The van der Waals surface area contributed by atoms with E-state index in [0.29, 0.717) is 18.9 Å². The van der Waals surface area contributed by atoms with E-state index in [2.05, 4.69) is 0 Å². The van der Waals surface area contributed by atoms with Gasteiger partial charge in [-0.05, 0) is 31.9 Å². The minimum absolute atomic E-state index is 0.0883. The molecule has 0 aromatic heterocycles. The maximum absolute atomic E-state index is 13.1. The smallest absolute Gasteiger partial charge is 0.292 e. The van der Waals surface area contributed by atoms with Gasteiger partial charge in [-0.3, -0.25) is 10.1 Å². The molecular formula is C12H16FN3O4S. The van der Waals surface area contributed by atoms with Gasteiger partial charge in [-0.1, -0.05) is 0 Å². The van der Waals surface area contributed by atoms with E-state index < -0.39 is 31.3 Å². The van der Waals surface area contributed by atoms with Gasteiger partial charge in [0.05, 0.1) is 11.0 Å². The van der Waals surface area contributed by atoms with Crippen LogP contribution in [0.4, 0.5) is 10.1 Å². The molecule has 1 aromatic rings. The molecule has 0 spiro atoms. The highest BCUT2D eigenvalue weighted by Gasteiger charge is 2.37. The highest BCUT2D eigenvalue weighted by atomic mass is 32.2. The molecule has 2 N–H and O–H groups in total. The lowest BCUT2D eigenvalue weighted by Crippen LogP contribution is -2.48. The Labute approximate surface area is 121 Å². The second-order valence-corrected chi connectivity index (χ2v) is 6.98. The van der Waals surface area contributed by atoms with Crippen LogP contribution in [0.3, 0.4) is 0 Å². The summed E-state index contributed by atoms with van der Waals surface area (Å²) in [6.45, 7) is 1.89. The van der Waals surface area contributed by atoms with E-state index in [1.54, 1.807) is 6.92 Å². The quantitative estimate of drug-likeness (QED) is 0.666. The molecule has 21 heavy (non-hydrogen) atoms. The fraction of sp³-hybridized carbons (Fsp3) is 0.500. The Morgan fingerprint density at radius 3 is 2.71 bits per heavy atom. The van der Waals surface area contributed by atoms with Gasteiger partial charge in [0, 0.05) is 18.6 Å². The summed E-state index contributed by atoms with van der Waals surface area (Å²) in [6.07, 6.45) is 0.965. The highest BCUT2D eigenvalue weighted by molar-refractivity contribution is 7.89. The van der Waals surface area contributed by atoms with E-state index in [4.69, 9.17) is 5.73 Å². The number of halogens is 1. The lowest BCUT2D eigenvalue weighted by molar-refractivity contribution is -0.388. The average molecular weight is 317 g/mol. The Bertz CT molecular complexity index is 664. The molecule has 116 valence electrons. The highest BCUT2D eigenvalue weighted by Crippen LogP contribution is 2.31. The van der Waals surface area contributed by atoms with E-state index in [1.165, 1.54) is 4.31 Å². The molecule has 1 heterocycles. The zero-order chi connectivity index (χ0) is 15.8. The molecular weight excluding hydrogens is 301 g/mol. The largest absolute Gasteiger partial charge is 0.328 e. The van der Waals surface area contributed by atoms with Crippen LogP contribution in [-0.2, 0) is 10.0 Å². The first-order chi connectivity index (χ1) is 9.73. The van der Waals surface area contributed by atoms with Crippen LogP contribution in [0.15, 0.2) is 23.1 Å². The van der Waals surface area contributed by atoms with Gasteiger partial charge in [0.2, 0.25) is 10.0 Å². The number of sulfonamides is 1. The summed E-state index contributed by atoms with van der Waals surface area (Å²) in [7, 11) is -4.06. The van der Waals surface area contributed by atoms with E-state index in [9.17, 15) is 22.9 Å². The minimum Gasteiger partial charge on any atom is -0.328 e. The molecule has 9 heteroatoms. The van der Waals surface area contributed by atoms with Gasteiger partial charge >= 0.3 is 0 Å². The van der Waals surface area contributed by atoms with Crippen LogP contribution in [0.1, 0.15) is 19.8 Å². The number of nitro groups is 1. The summed E-state index contributed by atoms with van der Waals surface area (Å²) in [6, 6.07) is 2.01. The Hall–Kier alpha value is -1.58. The lowest BCUT2D eigenvalue weighted by atomic mass is 10.0. The molecule has 0 radical (unpaired) electrons. The van der Waals surface area contributed by atoms with Crippen LogP contribution in [0.2, 0.25) is 0 Å². The van der Waals surface area contributed by atoms with E-state index >= 15 is 0 Å². The zero-order valence-corrected chi connectivity index (χ0v) is 12.2. The molecule has 0 bridgehead atoms. The Kier molecular flexibility index (Phi) is 4.26. The summed E-state index contributed by atoms with van der Waals surface area (Å²) < 4.78 is 39.5. The van der Waals surface area contributed by atoms with Crippen LogP contribution < -0.4 is 5.73 Å². The monoisotopic (exact) mass is 317 g/mol. The van der Waals surface area contributed by atoms with Crippen molar-refractivity contribution in [2.75, 3.05) is 6.54 Å². The van der Waals surface area contributed by atoms with Crippen LogP contribution in [0, 0.1) is 15.9 Å². The van der Waals surface area contributed by atoms with Gasteiger partial charge in [-0.2, -0.15) is 4.31 Å². The number of piperidine rings is 1. The van der Waals surface area contributed by atoms with Gasteiger partial charge in [-0.15, -0.1) is 0 Å². The standard InChI is InChI=1S/C12H16FN3O4S/c1-8-6-10(14)4-5-15(8)21(19,20)12-3-2-9(13)7-11(12)16(17)18/h2-3,7-8,10H,4-6,14H2,1H3. The Morgan fingerprint density at radius 2 is 2.14 bits per heavy atom. The summed E-state index contributed by atoms with van der Waals surface area (Å²) in [5, 5.41) is 11.0. The molecule has 1 aromatic carbocycles. The van der Waals surface area contributed by atoms with Crippen LogP contribution in [0.25, 0.3) is 0 Å². The van der Waals surface area contributed by atoms with E-state index in [0.717, 1.165) is 12.1 Å². The number of nitrogens with zero attached hydrogens (tertiary/aromatic N) is 2. The van der Waals surface area contributed by atoms with Gasteiger partial charge < -0.3 is 5.73 Å². The first-order valence-electron chi connectivity index (χ1n) is 6.45. The molecule has 0 saturated carbocycles. The molecule has 7 nitrogen and oxygen atoms in total. The van der Waals surface area contributed by atoms with Crippen LogP contribution >= 0.6 is 0 Å². The van der Waals surface area contributed by atoms with Gasteiger partial charge in [0.25, 0.3) is 5.69 Å². The van der Waals surface area contributed by atoms with Crippen molar-refractivity contribution < 1.29 is 17.7 Å². The fourth-order valence-electron chi connectivity index (χ4n) is 2.52. The van der Waals surface area contributed by atoms with Crippen LogP contribution in [-0.4, -0.2) is 36.3 Å². The topological polar surface area (TPSA) is 107 Å². The van der Waals surface area contributed by atoms with Gasteiger partial charge in [0.1, 0.15) is 5.82 Å². The summed E-state index contributed by atoms with van der Waals surface area (Å²) in [5.74, 6) is -0.852. The van der Waals surface area contributed by atoms with Crippen molar-refractivity contribution in [1.29, 1.82) is 0 Å². The predicted molar refractivity (Wildman–Crippen MR) is 73.6 cm³/mol. The fourth-order valence-corrected chi connectivity index (χ4v) is 4.32. The number of nitrogens with two attached hydrogens (primary N) is 1. The number of benzene rings is 1. The Morgan fingerprint density at radius 1 is 1.48 bits per heavy atom. The van der Waals surface area contributed by atoms with Crippen molar-refractivity contribution in [3.63, 3.8) is 0 Å². The van der Waals surface area contributed by atoms with E-state index in [-0.39, 0.29) is 18.6 Å². The predicted octanol–water partition coefficient (Wildman–Crippen LogP) is 1.23. The molecule has 2 rings (SSSR count). The molecule has 1 aliphatic heterocycles. The third kappa shape index (κ3) is 3.04. The van der Waals surface area contributed by atoms with E-state index in [1.807, 2.05) is 0 Å². The number of rotatable bonds is 3. The number of hydrogen-bond donors (Lipinski definition) is 1. The third-order valence-corrected chi connectivity index (χ3v) is 5.62. The maximum atomic E-state index is 13.1. The van der Waals surface area contributed by atoms with Crippen molar-refractivity contribution >= 4 is 15.7 Å². The minimum atomic E-state index is -4.06. The molecule has 0 aliphatic carbocycles. The first-order valence-corrected chi connectivity index (χ1v) is 7.89. The molecule has 1 saturated heterocycles. The molecule has 1 fully saturated rings. The van der Waals surface area contributed by atoms with Gasteiger partial charge in [0.15, 0.2) is 4.90 Å². The van der Waals surface area contributed by atoms with Crippen LogP contribution in [0.5, 0.6) is 0 Å². The van der Waals surface area contributed by atoms with Crippen molar-refractivity contribution in [2.45, 2.75) is 36.7 Å². The second-order valence-electron chi connectivity index (χ2n) is 5.12. The van der Waals surface area contributed by atoms with Gasteiger partial charge in [-0.25, -0.2) is 12.8 Å². The number of hydrogen-bond acceptors (Lipinski definition) is 5. The lowest BCUT2D eigenvalue weighted by Gasteiger charge is -2.35. The molecule has 1 aliphatic rings. The van der Waals surface area contributed by atoms with Crippen molar-refractivity contribution in [2.24, 2.45) is 5.73 Å². The van der Waals surface area contributed by atoms with Crippen molar-refractivity contribution in [1.82, 2.24) is 4.31 Å². The normalized spacial score (nSPS) is 24.0. The molecule has 0 amide bonds. The average Bonchev–Trinajstić information content (AvgIpc) is 2.37. The zero-order valence-electron chi connectivity index (χ0n) is 11.4. The van der Waals surface area contributed by atoms with Crippen molar-refractivity contribution in [3.8, 4) is 0 Å². The molecule has 2 atom stereocenters. The number of nitro benzene ring substituents is 1. The second kappa shape index (κ2) is 5.66. The SMILES string of the molecule is CC1CC(N)CCN1S(=O)(=O)c1ccc(F)cc1[N+](=O)[O-]. The summed E-state index contributed by atoms with van der Waals surface area (Å²) in [4.78, 5) is 9.59. The third-order valence-electron chi connectivity index (χ3n) is 3.56. The first kappa shape index (κ1) is 15.8. The summed E-state index contributed by atoms with van der Waals surface area (Å²) in [5.41, 5.74) is 5.04.